The largest absolute Gasteiger partial charge is 0.522 e. The maximum atomic E-state index is 13.0. The normalized spacial score (nSPS) is 23.1. The van der Waals surface area contributed by atoms with Gasteiger partial charge >= 0.3 is 6.36 Å². The second-order valence-corrected chi connectivity index (χ2v) is 7.72. The summed E-state index contributed by atoms with van der Waals surface area (Å²) in [5.74, 6) is -0.0849. The van der Waals surface area contributed by atoms with Crippen LogP contribution in [0.3, 0.4) is 0 Å². The van der Waals surface area contributed by atoms with E-state index in [1.807, 2.05) is 18.2 Å². The Morgan fingerprint density at radius 3 is 2.84 bits per heavy atom. The Labute approximate surface area is 187 Å². The van der Waals surface area contributed by atoms with Gasteiger partial charge in [0.25, 0.3) is 5.91 Å². The molecule has 1 aromatic heterocycles. The van der Waals surface area contributed by atoms with Crippen molar-refractivity contribution in [2.75, 3.05) is 33.1 Å². The van der Waals surface area contributed by atoms with Crippen LogP contribution in [0.1, 0.15) is 22.5 Å². The van der Waals surface area contributed by atoms with Crippen molar-refractivity contribution in [3.05, 3.63) is 58.9 Å². The molecular weight excluding hydrogens is 453 g/mol. The van der Waals surface area contributed by atoms with E-state index >= 15 is 0 Å². The summed E-state index contributed by atoms with van der Waals surface area (Å²) in [5.41, 5.74) is 0.415. The molecule has 2 aliphatic rings. The standard InChI is InChI=1S/C21H20ClF3N2O5/c22-15-11-14(4-5-16(15)29-9-10-31-21(23,24)25)19(28)27-8-6-20(17-3-1-2-7-26-17)18(12-27)30-13-32-20/h1-5,7,11,18H,6,8-10,12-13H2/t18?,20-/m1/s1. The molecule has 2 saturated heterocycles. The van der Waals surface area contributed by atoms with Crippen molar-refractivity contribution in [1.29, 1.82) is 0 Å². The zero-order valence-electron chi connectivity index (χ0n) is 16.8. The molecule has 0 bridgehead atoms. The molecule has 7 nitrogen and oxygen atoms in total. The molecule has 0 radical (unpaired) electrons. The number of amides is 1. The molecule has 172 valence electrons. The van der Waals surface area contributed by atoms with Crippen LogP contribution in [0.2, 0.25) is 5.02 Å². The second kappa shape index (κ2) is 9.22. The molecule has 0 aliphatic carbocycles. The van der Waals surface area contributed by atoms with Crippen LogP contribution >= 0.6 is 11.6 Å². The summed E-state index contributed by atoms with van der Waals surface area (Å²) in [5, 5.41) is 0.114. The fourth-order valence-electron chi connectivity index (χ4n) is 3.88. The monoisotopic (exact) mass is 472 g/mol. The Hall–Kier alpha value is -2.40. The van der Waals surface area contributed by atoms with E-state index in [4.69, 9.17) is 25.8 Å². The van der Waals surface area contributed by atoms with E-state index in [0.717, 1.165) is 5.69 Å². The number of carbonyl (C=O) groups is 1. The molecule has 11 heteroatoms. The number of hydrogen-bond acceptors (Lipinski definition) is 6. The van der Waals surface area contributed by atoms with Gasteiger partial charge in [-0.25, -0.2) is 0 Å². The van der Waals surface area contributed by atoms with Crippen LogP contribution in [0.25, 0.3) is 0 Å². The first-order valence-corrected chi connectivity index (χ1v) is 10.3. The highest BCUT2D eigenvalue weighted by molar-refractivity contribution is 6.32. The van der Waals surface area contributed by atoms with E-state index in [-0.39, 0.29) is 36.2 Å². The fourth-order valence-corrected chi connectivity index (χ4v) is 4.12. The summed E-state index contributed by atoms with van der Waals surface area (Å²) in [6.07, 6.45) is -2.86. The molecule has 32 heavy (non-hydrogen) atoms. The number of piperidine rings is 1. The van der Waals surface area contributed by atoms with Crippen LogP contribution in [0.15, 0.2) is 42.6 Å². The van der Waals surface area contributed by atoms with Crippen molar-refractivity contribution in [1.82, 2.24) is 9.88 Å². The number of ether oxygens (including phenoxy) is 4. The zero-order chi connectivity index (χ0) is 22.8. The highest BCUT2D eigenvalue weighted by atomic mass is 35.5. The van der Waals surface area contributed by atoms with Gasteiger partial charge in [0.2, 0.25) is 0 Å². The van der Waals surface area contributed by atoms with Crippen LogP contribution in [0.4, 0.5) is 13.2 Å². The Morgan fingerprint density at radius 1 is 1.28 bits per heavy atom. The first kappa shape index (κ1) is 22.8. The van der Waals surface area contributed by atoms with Crippen molar-refractivity contribution < 1.29 is 36.9 Å². The molecule has 1 aromatic carbocycles. The summed E-state index contributed by atoms with van der Waals surface area (Å²) >= 11 is 6.16. The summed E-state index contributed by atoms with van der Waals surface area (Å²) in [7, 11) is 0. The number of aromatic nitrogens is 1. The Balaban J connectivity index is 1.39. The van der Waals surface area contributed by atoms with Crippen molar-refractivity contribution >= 4 is 17.5 Å². The quantitative estimate of drug-likeness (QED) is 0.596. The minimum Gasteiger partial charge on any atom is -0.490 e. The van der Waals surface area contributed by atoms with Crippen molar-refractivity contribution in [3.63, 3.8) is 0 Å². The van der Waals surface area contributed by atoms with E-state index in [2.05, 4.69) is 9.72 Å². The van der Waals surface area contributed by atoms with Crippen LogP contribution < -0.4 is 4.74 Å². The van der Waals surface area contributed by atoms with E-state index in [1.54, 1.807) is 11.1 Å². The fraction of sp³-hybridized carbons (Fsp3) is 0.429. The molecular formula is C21H20ClF3N2O5. The minimum atomic E-state index is -4.72. The van der Waals surface area contributed by atoms with Gasteiger partial charge in [0.1, 0.15) is 30.9 Å². The van der Waals surface area contributed by atoms with E-state index in [0.29, 0.717) is 25.1 Å². The molecule has 2 fully saturated rings. The lowest BCUT2D eigenvalue weighted by molar-refractivity contribution is -0.325. The third-order valence-corrected chi connectivity index (χ3v) is 5.71. The Kier molecular flexibility index (Phi) is 6.57. The van der Waals surface area contributed by atoms with E-state index in [9.17, 15) is 18.0 Å². The highest BCUT2D eigenvalue weighted by Gasteiger charge is 2.52. The molecule has 2 atom stereocenters. The SMILES string of the molecule is O=C(c1ccc(OCCOC(F)(F)F)c(Cl)c1)N1CC[C@]2(c3ccccn3)OCOC2C1. The predicted molar refractivity (Wildman–Crippen MR) is 106 cm³/mol. The van der Waals surface area contributed by atoms with Crippen LogP contribution in [-0.2, 0) is 19.8 Å². The van der Waals surface area contributed by atoms with Gasteiger partial charge in [-0.1, -0.05) is 17.7 Å². The number of benzene rings is 1. The molecule has 1 amide bonds. The van der Waals surface area contributed by atoms with Gasteiger partial charge < -0.3 is 19.1 Å². The number of nitrogens with zero attached hydrogens (tertiary/aromatic N) is 2. The smallest absolute Gasteiger partial charge is 0.490 e. The predicted octanol–water partition coefficient (Wildman–Crippen LogP) is 3.76. The Morgan fingerprint density at radius 2 is 2.12 bits per heavy atom. The molecule has 4 rings (SSSR count). The summed E-state index contributed by atoms with van der Waals surface area (Å²) in [6.45, 7) is -0.137. The van der Waals surface area contributed by atoms with Gasteiger partial charge in [-0.05, 0) is 30.3 Å². The van der Waals surface area contributed by atoms with Gasteiger partial charge in [0.05, 0.1) is 23.9 Å². The lowest BCUT2D eigenvalue weighted by atomic mass is 9.85. The molecule has 0 saturated carbocycles. The van der Waals surface area contributed by atoms with Gasteiger partial charge in [-0.3, -0.25) is 14.5 Å². The number of alkyl halides is 3. The number of pyridine rings is 1. The maximum Gasteiger partial charge on any atom is 0.522 e. The highest BCUT2D eigenvalue weighted by Crippen LogP contribution is 2.42. The van der Waals surface area contributed by atoms with Crippen LogP contribution in [-0.4, -0.2) is 61.4 Å². The third kappa shape index (κ3) is 4.83. The average Bonchev–Trinajstić information content (AvgIpc) is 3.21. The van der Waals surface area contributed by atoms with Crippen LogP contribution in [0, 0.1) is 0 Å². The maximum absolute atomic E-state index is 13.0. The topological polar surface area (TPSA) is 70.1 Å². The summed E-state index contributed by atoms with van der Waals surface area (Å²) < 4.78 is 56.6. The molecule has 2 aliphatic heterocycles. The van der Waals surface area contributed by atoms with Gasteiger partial charge in [0.15, 0.2) is 0 Å². The first-order valence-electron chi connectivity index (χ1n) is 9.88. The summed E-state index contributed by atoms with van der Waals surface area (Å²) in [4.78, 5) is 19.1. The van der Waals surface area contributed by atoms with Crippen molar-refractivity contribution in [3.8, 4) is 5.75 Å². The van der Waals surface area contributed by atoms with Gasteiger partial charge in [0, 0.05) is 24.7 Å². The van der Waals surface area contributed by atoms with Gasteiger partial charge in [-0.2, -0.15) is 0 Å². The molecule has 1 unspecified atom stereocenters. The Bertz CT molecular complexity index is 962. The minimum absolute atomic E-state index is 0.114. The summed E-state index contributed by atoms with van der Waals surface area (Å²) in [6, 6.07) is 9.98. The lowest BCUT2D eigenvalue weighted by Gasteiger charge is -2.41. The van der Waals surface area contributed by atoms with E-state index in [1.165, 1.54) is 18.2 Å². The molecule has 3 heterocycles. The van der Waals surface area contributed by atoms with Crippen molar-refractivity contribution in [2.24, 2.45) is 0 Å². The number of halogens is 4. The number of rotatable bonds is 6. The van der Waals surface area contributed by atoms with E-state index < -0.39 is 18.6 Å². The molecule has 0 N–H and O–H groups in total. The number of fused-ring (bicyclic) bond motifs is 1. The third-order valence-electron chi connectivity index (χ3n) is 5.42. The number of likely N-dealkylation sites (tertiary alicyclic amines) is 1. The van der Waals surface area contributed by atoms with Gasteiger partial charge in [-0.15, -0.1) is 13.2 Å². The molecule has 2 aromatic rings. The second-order valence-electron chi connectivity index (χ2n) is 7.31. The number of hydrogen-bond donors (Lipinski definition) is 0. The first-order chi connectivity index (χ1) is 15.3. The molecule has 0 spiro atoms. The van der Waals surface area contributed by atoms with Crippen LogP contribution in [0.5, 0.6) is 5.75 Å². The zero-order valence-corrected chi connectivity index (χ0v) is 17.6. The lowest BCUT2D eigenvalue weighted by Crippen LogP contribution is -2.53. The van der Waals surface area contributed by atoms with Crippen molar-refractivity contribution in [2.45, 2.75) is 24.5 Å². The number of carbonyl (C=O) groups excluding carboxylic acids is 1. The average molecular weight is 473 g/mol.